The smallest absolute Gasteiger partial charge is 0.244 e. The second-order valence-corrected chi connectivity index (χ2v) is 9.65. The van der Waals surface area contributed by atoms with E-state index in [1.54, 1.807) is 6.07 Å². The summed E-state index contributed by atoms with van der Waals surface area (Å²) in [6.07, 6.45) is 1.11. The van der Waals surface area contributed by atoms with Crippen LogP contribution in [0.15, 0.2) is 23.1 Å². The van der Waals surface area contributed by atoms with Gasteiger partial charge >= 0.3 is 0 Å². The molecule has 0 unspecified atom stereocenters. The molecule has 0 amide bonds. The molecule has 10 heteroatoms. The van der Waals surface area contributed by atoms with E-state index in [2.05, 4.69) is 4.72 Å². The van der Waals surface area contributed by atoms with Crippen LogP contribution < -0.4 is 14.2 Å². The summed E-state index contributed by atoms with van der Waals surface area (Å²) in [7, 11) is -4.49. The second-order valence-electron chi connectivity index (χ2n) is 5.93. The lowest BCUT2D eigenvalue weighted by Crippen LogP contribution is -2.39. The molecule has 0 heterocycles. The van der Waals surface area contributed by atoms with Crippen LogP contribution in [0.2, 0.25) is 0 Å². The molecule has 0 bridgehead atoms. The van der Waals surface area contributed by atoms with Gasteiger partial charge in [-0.15, -0.1) is 0 Å². The van der Waals surface area contributed by atoms with Crippen LogP contribution in [-0.2, 0) is 20.0 Å². The summed E-state index contributed by atoms with van der Waals surface area (Å²) >= 11 is 0. The van der Waals surface area contributed by atoms with E-state index in [1.165, 1.54) is 30.7 Å². The zero-order valence-corrected chi connectivity index (χ0v) is 16.8. The predicted molar refractivity (Wildman–Crippen MR) is 96.0 cm³/mol. The number of hydrogen-bond donors (Lipinski definition) is 1. The molecule has 0 saturated heterocycles. The quantitative estimate of drug-likeness (QED) is 0.633. The van der Waals surface area contributed by atoms with E-state index in [1.807, 2.05) is 13.8 Å². The molecule has 0 radical (unpaired) electrons. The van der Waals surface area contributed by atoms with Gasteiger partial charge in [-0.05, 0) is 18.1 Å². The number of ether oxygens (including phenoxy) is 2. The molecule has 0 fully saturated rings. The van der Waals surface area contributed by atoms with Crippen LogP contribution in [0.4, 0.5) is 0 Å². The highest BCUT2D eigenvalue weighted by molar-refractivity contribution is 7.89. The van der Waals surface area contributed by atoms with E-state index in [0.29, 0.717) is 12.3 Å². The van der Waals surface area contributed by atoms with Crippen LogP contribution in [0.5, 0.6) is 11.5 Å². The highest BCUT2D eigenvalue weighted by Gasteiger charge is 2.22. The third kappa shape index (κ3) is 6.46. The van der Waals surface area contributed by atoms with Crippen molar-refractivity contribution in [1.29, 1.82) is 0 Å². The summed E-state index contributed by atoms with van der Waals surface area (Å²) in [6, 6.07) is 4.43. The first-order valence-corrected chi connectivity index (χ1v) is 11.0. The largest absolute Gasteiger partial charge is 0.497 e. The van der Waals surface area contributed by atoms with Gasteiger partial charge in [0.1, 0.15) is 16.4 Å². The molecule has 8 nitrogen and oxygen atoms in total. The van der Waals surface area contributed by atoms with Crippen LogP contribution in [0.25, 0.3) is 0 Å². The van der Waals surface area contributed by atoms with Crippen molar-refractivity contribution in [3.63, 3.8) is 0 Å². The number of methoxy groups -OCH3 is 2. The number of benzene rings is 1. The summed E-state index contributed by atoms with van der Waals surface area (Å²) < 4.78 is 62.4. The SMILES string of the molecule is COc1ccc(OC)c(S(=O)(=O)NCCN(CC(C)C)S(C)(=O)=O)c1. The lowest BCUT2D eigenvalue weighted by atomic mass is 10.2. The van der Waals surface area contributed by atoms with E-state index in [9.17, 15) is 16.8 Å². The minimum atomic E-state index is -3.88. The Morgan fingerprint density at radius 2 is 1.76 bits per heavy atom. The first-order valence-electron chi connectivity index (χ1n) is 7.68. The third-order valence-electron chi connectivity index (χ3n) is 3.35. The number of nitrogens with one attached hydrogen (secondary N) is 1. The number of nitrogens with zero attached hydrogens (tertiary/aromatic N) is 1. The lowest BCUT2D eigenvalue weighted by Gasteiger charge is -2.22. The number of rotatable bonds is 10. The van der Waals surface area contributed by atoms with Gasteiger partial charge in [-0.3, -0.25) is 0 Å². The molecule has 0 aliphatic heterocycles. The summed E-state index contributed by atoms with van der Waals surface area (Å²) in [5.41, 5.74) is 0. The predicted octanol–water partition coefficient (Wildman–Crippen LogP) is 0.900. The van der Waals surface area contributed by atoms with E-state index in [4.69, 9.17) is 9.47 Å². The molecule has 0 aliphatic carbocycles. The topological polar surface area (TPSA) is 102 Å². The van der Waals surface area contributed by atoms with Crippen molar-refractivity contribution in [2.24, 2.45) is 5.92 Å². The van der Waals surface area contributed by atoms with E-state index >= 15 is 0 Å². The Morgan fingerprint density at radius 1 is 1.12 bits per heavy atom. The van der Waals surface area contributed by atoms with Crippen LogP contribution >= 0.6 is 0 Å². The van der Waals surface area contributed by atoms with Crippen LogP contribution in [0.1, 0.15) is 13.8 Å². The lowest BCUT2D eigenvalue weighted by molar-refractivity contribution is 0.372. The minimum absolute atomic E-state index is 0.0442. The van der Waals surface area contributed by atoms with Crippen molar-refractivity contribution in [2.75, 3.05) is 40.1 Å². The fourth-order valence-corrected chi connectivity index (χ4v) is 4.37. The van der Waals surface area contributed by atoms with Gasteiger partial charge in [-0.25, -0.2) is 25.9 Å². The Kier molecular flexibility index (Phi) is 7.66. The average molecular weight is 395 g/mol. The minimum Gasteiger partial charge on any atom is -0.497 e. The van der Waals surface area contributed by atoms with Crippen LogP contribution in [-0.4, -0.2) is 61.3 Å². The molecule has 0 atom stereocenters. The molecular formula is C15H26N2O6S2. The molecule has 1 aromatic carbocycles. The fourth-order valence-electron chi connectivity index (χ4n) is 2.18. The van der Waals surface area contributed by atoms with Gasteiger partial charge in [0.2, 0.25) is 20.0 Å². The number of hydrogen-bond acceptors (Lipinski definition) is 6. The molecule has 0 spiro atoms. The van der Waals surface area contributed by atoms with Gasteiger partial charge in [0.05, 0.1) is 20.5 Å². The van der Waals surface area contributed by atoms with E-state index < -0.39 is 20.0 Å². The van der Waals surface area contributed by atoms with Crippen LogP contribution in [0.3, 0.4) is 0 Å². The maximum Gasteiger partial charge on any atom is 0.244 e. The summed E-state index contributed by atoms with van der Waals surface area (Å²) in [6.45, 7) is 4.10. The van der Waals surface area contributed by atoms with Crippen molar-refractivity contribution < 1.29 is 26.3 Å². The van der Waals surface area contributed by atoms with Crippen molar-refractivity contribution in [3.05, 3.63) is 18.2 Å². The standard InChI is InChI=1S/C15H26N2O6S2/c1-12(2)11-17(24(5,18)19)9-8-16-25(20,21)15-10-13(22-3)6-7-14(15)23-4/h6-7,10,12,16H,8-9,11H2,1-5H3. The maximum atomic E-state index is 12.5. The summed E-state index contributed by atoms with van der Waals surface area (Å²) in [5, 5.41) is 0. The number of sulfonamides is 2. The first kappa shape index (κ1) is 21.7. The summed E-state index contributed by atoms with van der Waals surface area (Å²) in [5.74, 6) is 0.680. The van der Waals surface area contributed by atoms with Gasteiger partial charge in [0.15, 0.2) is 0 Å². The molecule has 1 N–H and O–H groups in total. The molecule has 25 heavy (non-hydrogen) atoms. The average Bonchev–Trinajstić information content (AvgIpc) is 2.51. The fraction of sp³-hybridized carbons (Fsp3) is 0.600. The molecule has 0 saturated carbocycles. The Hall–Kier alpha value is -1.36. The maximum absolute atomic E-state index is 12.5. The van der Waals surface area contributed by atoms with Crippen molar-refractivity contribution in [1.82, 2.24) is 9.03 Å². The molecule has 1 rings (SSSR count). The molecule has 1 aromatic rings. The highest BCUT2D eigenvalue weighted by Crippen LogP contribution is 2.27. The van der Waals surface area contributed by atoms with Gasteiger partial charge in [0, 0.05) is 25.7 Å². The van der Waals surface area contributed by atoms with Gasteiger partial charge < -0.3 is 9.47 Å². The zero-order chi connectivity index (χ0) is 19.3. The van der Waals surface area contributed by atoms with Gasteiger partial charge in [-0.1, -0.05) is 13.8 Å². The monoisotopic (exact) mass is 394 g/mol. The summed E-state index contributed by atoms with van der Waals surface area (Å²) in [4.78, 5) is -0.0656. The second kappa shape index (κ2) is 8.84. The van der Waals surface area contributed by atoms with Crippen molar-refractivity contribution in [3.8, 4) is 11.5 Å². The highest BCUT2D eigenvalue weighted by atomic mass is 32.2. The van der Waals surface area contributed by atoms with E-state index in [-0.39, 0.29) is 29.7 Å². The Balaban J connectivity index is 2.92. The Bertz CT molecular complexity index is 775. The normalized spacial score (nSPS) is 12.6. The third-order valence-corrected chi connectivity index (χ3v) is 6.10. The van der Waals surface area contributed by atoms with Crippen molar-refractivity contribution >= 4 is 20.0 Å². The Morgan fingerprint density at radius 3 is 2.24 bits per heavy atom. The van der Waals surface area contributed by atoms with Gasteiger partial charge in [-0.2, -0.15) is 0 Å². The molecular weight excluding hydrogens is 368 g/mol. The molecule has 0 aliphatic rings. The Labute approximate surface area is 150 Å². The van der Waals surface area contributed by atoms with Gasteiger partial charge in [0.25, 0.3) is 0 Å². The molecule has 0 aromatic heterocycles. The van der Waals surface area contributed by atoms with E-state index in [0.717, 1.165) is 6.26 Å². The molecule has 144 valence electrons. The zero-order valence-electron chi connectivity index (χ0n) is 15.1. The van der Waals surface area contributed by atoms with Crippen molar-refractivity contribution in [2.45, 2.75) is 18.7 Å². The van der Waals surface area contributed by atoms with Crippen LogP contribution in [0, 0.1) is 5.92 Å². The first-order chi connectivity index (χ1) is 11.5.